The maximum atomic E-state index is 12.2. The van der Waals surface area contributed by atoms with Crippen LogP contribution in [0.1, 0.15) is 25.7 Å². The lowest BCUT2D eigenvalue weighted by atomic mass is 10.1. The third kappa shape index (κ3) is 3.62. The zero-order valence-electron chi connectivity index (χ0n) is 12.5. The number of nitro groups is 1. The molecule has 23 heavy (non-hydrogen) atoms. The van der Waals surface area contributed by atoms with Crippen molar-refractivity contribution in [2.75, 3.05) is 18.0 Å². The number of rotatable bonds is 5. The first-order valence-electron chi connectivity index (χ1n) is 7.60. The van der Waals surface area contributed by atoms with E-state index in [-0.39, 0.29) is 16.6 Å². The number of nitrogens with zero attached hydrogens (tertiary/aromatic N) is 2. The topological polar surface area (TPSA) is 113 Å². The lowest BCUT2D eigenvalue weighted by Gasteiger charge is -2.31. The molecular weight excluding hydrogens is 322 g/mol. The van der Waals surface area contributed by atoms with E-state index in [0.29, 0.717) is 25.2 Å². The first-order chi connectivity index (χ1) is 10.9. The minimum Gasteiger partial charge on any atom is -0.391 e. The quantitative estimate of drug-likeness (QED) is 0.610. The largest absolute Gasteiger partial charge is 0.391 e. The second kappa shape index (κ2) is 6.06. The molecule has 1 aromatic carbocycles. The number of aliphatic hydroxyl groups is 1. The summed E-state index contributed by atoms with van der Waals surface area (Å²) < 4.78 is 26.9. The van der Waals surface area contributed by atoms with E-state index in [9.17, 15) is 23.6 Å². The molecule has 1 atom stereocenters. The van der Waals surface area contributed by atoms with Crippen LogP contribution in [-0.2, 0) is 10.0 Å². The van der Waals surface area contributed by atoms with Gasteiger partial charge in [-0.3, -0.25) is 10.1 Å². The predicted molar refractivity (Wildman–Crippen MR) is 83.9 cm³/mol. The van der Waals surface area contributed by atoms with Crippen molar-refractivity contribution in [3.8, 4) is 0 Å². The molecule has 1 aromatic rings. The van der Waals surface area contributed by atoms with Crippen LogP contribution in [-0.4, -0.2) is 43.7 Å². The molecule has 126 valence electrons. The Hall–Kier alpha value is -1.71. The SMILES string of the molecule is O=[N+]([O-])c1cc(S(=O)(=O)NC2CC2)ccc1N1CCCC(O)C1. The fraction of sp³-hybridized carbons (Fsp3) is 0.571. The van der Waals surface area contributed by atoms with Gasteiger partial charge in [0.2, 0.25) is 10.0 Å². The summed E-state index contributed by atoms with van der Waals surface area (Å²) >= 11 is 0. The van der Waals surface area contributed by atoms with Gasteiger partial charge < -0.3 is 10.0 Å². The molecule has 2 aliphatic rings. The first-order valence-corrected chi connectivity index (χ1v) is 9.09. The van der Waals surface area contributed by atoms with E-state index >= 15 is 0 Å². The minimum absolute atomic E-state index is 0.0593. The highest BCUT2D eigenvalue weighted by Crippen LogP contribution is 2.33. The van der Waals surface area contributed by atoms with E-state index in [4.69, 9.17) is 0 Å². The standard InChI is InChI=1S/C14H19N3O5S/c18-11-2-1-7-16(9-11)13-6-5-12(8-14(13)17(19)20)23(21,22)15-10-3-4-10/h5-6,8,10-11,15,18H,1-4,7,9H2. The smallest absolute Gasteiger partial charge is 0.293 e. The molecule has 8 nitrogen and oxygen atoms in total. The van der Waals surface area contributed by atoms with E-state index in [0.717, 1.165) is 25.3 Å². The molecule has 1 unspecified atom stereocenters. The molecule has 0 aromatic heterocycles. The molecule has 1 aliphatic carbocycles. The molecule has 2 N–H and O–H groups in total. The molecule has 1 saturated carbocycles. The van der Waals surface area contributed by atoms with Crippen LogP contribution in [0.3, 0.4) is 0 Å². The second-order valence-corrected chi connectivity index (χ2v) is 7.76. The first kappa shape index (κ1) is 16.2. The molecule has 2 fully saturated rings. The average Bonchev–Trinajstić information content (AvgIpc) is 3.30. The van der Waals surface area contributed by atoms with Gasteiger partial charge >= 0.3 is 0 Å². The molecule has 0 spiro atoms. The Balaban J connectivity index is 1.93. The van der Waals surface area contributed by atoms with Gasteiger partial charge in [-0.2, -0.15) is 0 Å². The number of piperidine rings is 1. The molecule has 0 radical (unpaired) electrons. The van der Waals surface area contributed by atoms with Gasteiger partial charge in [-0.15, -0.1) is 0 Å². The van der Waals surface area contributed by atoms with Crippen molar-refractivity contribution in [2.45, 2.75) is 42.7 Å². The van der Waals surface area contributed by atoms with Crippen LogP contribution >= 0.6 is 0 Å². The maximum absolute atomic E-state index is 12.2. The van der Waals surface area contributed by atoms with Gasteiger partial charge in [0.05, 0.1) is 15.9 Å². The number of aliphatic hydroxyl groups excluding tert-OH is 1. The summed E-state index contributed by atoms with van der Waals surface area (Å²) in [6.45, 7) is 0.914. The van der Waals surface area contributed by atoms with Crippen LogP contribution in [0, 0.1) is 10.1 Å². The summed E-state index contributed by atoms with van der Waals surface area (Å²) in [5.74, 6) is 0. The maximum Gasteiger partial charge on any atom is 0.293 e. The monoisotopic (exact) mass is 341 g/mol. The van der Waals surface area contributed by atoms with Gasteiger partial charge in [-0.1, -0.05) is 0 Å². The number of sulfonamides is 1. The summed E-state index contributed by atoms with van der Waals surface area (Å²) in [5, 5.41) is 21.1. The minimum atomic E-state index is -3.73. The summed E-state index contributed by atoms with van der Waals surface area (Å²) in [5.41, 5.74) is 0.0943. The van der Waals surface area contributed by atoms with Crippen molar-refractivity contribution in [3.05, 3.63) is 28.3 Å². The highest BCUT2D eigenvalue weighted by molar-refractivity contribution is 7.89. The number of nitrogens with one attached hydrogen (secondary N) is 1. The van der Waals surface area contributed by atoms with Gasteiger partial charge in [-0.05, 0) is 37.8 Å². The Labute approximate surface area is 134 Å². The van der Waals surface area contributed by atoms with Gasteiger partial charge in [0, 0.05) is 25.2 Å². The van der Waals surface area contributed by atoms with Crippen LogP contribution in [0.25, 0.3) is 0 Å². The van der Waals surface area contributed by atoms with E-state index < -0.39 is 21.1 Å². The van der Waals surface area contributed by atoms with Gasteiger partial charge in [0.1, 0.15) is 5.69 Å². The Kier molecular flexibility index (Phi) is 4.26. The van der Waals surface area contributed by atoms with Crippen molar-refractivity contribution >= 4 is 21.4 Å². The fourth-order valence-electron chi connectivity index (χ4n) is 2.75. The molecule has 1 aliphatic heterocycles. The Bertz CT molecular complexity index is 717. The Morgan fingerprint density at radius 3 is 2.65 bits per heavy atom. The van der Waals surface area contributed by atoms with Gasteiger partial charge in [0.15, 0.2) is 0 Å². The number of hydrogen-bond donors (Lipinski definition) is 2. The second-order valence-electron chi connectivity index (χ2n) is 6.05. The molecular formula is C14H19N3O5S. The van der Waals surface area contributed by atoms with Gasteiger partial charge in [0.25, 0.3) is 5.69 Å². The number of hydrogen-bond acceptors (Lipinski definition) is 6. The van der Waals surface area contributed by atoms with Crippen molar-refractivity contribution in [1.82, 2.24) is 4.72 Å². The summed E-state index contributed by atoms with van der Waals surface area (Å²) in [7, 11) is -3.73. The van der Waals surface area contributed by atoms with E-state index in [2.05, 4.69) is 4.72 Å². The van der Waals surface area contributed by atoms with Crippen molar-refractivity contribution in [2.24, 2.45) is 0 Å². The van der Waals surface area contributed by atoms with Crippen LogP contribution in [0.5, 0.6) is 0 Å². The number of anilines is 1. The van der Waals surface area contributed by atoms with Crippen molar-refractivity contribution in [1.29, 1.82) is 0 Å². The van der Waals surface area contributed by atoms with E-state index in [1.807, 2.05) is 0 Å². The summed E-state index contributed by atoms with van der Waals surface area (Å²) in [6.07, 6.45) is 2.48. The molecule has 9 heteroatoms. The fourth-order valence-corrected chi connectivity index (χ4v) is 4.07. The highest BCUT2D eigenvalue weighted by Gasteiger charge is 2.31. The van der Waals surface area contributed by atoms with Crippen LogP contribution in [0.2, 0.25) is 0 Å². The van der Waals surface area contributed by atoms with Crippen molar-refractivity contribution < 1.29 is 18.4 Å². The zero-order chi connectivity index (χ0) is 16.6. The number of nitro benzene ring substituents is 1. The van der Waals surface area contributed by atoms with Crippen LogP contribution in [0.4, 0.5) is 11.4 Å². The van der Waals surface area contributed by atoms with Crippen molar-refractivity contribution in [3.63, 3.8) is 0 Å². The molecule has 1 saturated heterocycles. The van der Waals surface area contributed by atoms with Crippen LogP contribution in [0.15, 0.2) is 23.1 Å². The number of β-amino-alcohol motifs (C(OH)–C–C–N with tert-alkyl or cyclic N) is 1. The van der Waals surface area contributed by atoms with Crippen LogP contribution < -0.4 is 9.62 Å². The average molecular weight is 341 g/mol. The third-order valence-corrected chi connectivity index (χ3v) is 5.61. The van der Waals surface area contributed by atoms with Gasteiger partial charge in [-0.25, -0.2) is 13.1 Å². The number of benzene rings is 1. The van der Waals surface area contributed by atoms with E-state index in [1.165, 1.54) is 12.1 Å². The van der Waals surface area contributed by atoms with E-state index in [1.54, 1.807) is 4.90 Å². The zero-order valence-corrected chi connectivity index (χ0v) is 13.3. The Morgan fingerprint density at radius 2 is 2.04 bits per heavy atom. The molecule has 1 heterocycles. The molecule has 0 bridgehead atoms. The molecule has 0 amide bonds. The normalized spacial score (nSPS) is 22.1. The Morgan fingerprint density at radius 1 is 1.30 bits per heavy atom. The predicted octanol–water partition coefficient (Wildman–Crippen LogP) is 0.997. The lowest BCUT2D eigenvalue weighted by Crippen LogP contribution is -2.38. The third-order valence-electron chi connectivity index (χ3n) is 4.09. The molecule has 3 rings (SSSR count). The lowest BCUT2D eigenvalue weighted by molar-refractivity contribution is -0.384. The summed E-state index contributed by atoms with van der Waals surface area (Å²) in [4.78, 5) is 12.4. The highest BCUT2D eigenvalue weighted by atomic mass is 32.2. The summed E-state index contributed by atoms with van der Waals surface area (Å²) in [6, 6.07) is 3.88.